The molecule has 1 atom stereocenters. The van der Waals surface area contributed by atoms with Gasteiger partial charge in [0, 0.05) is 18.7 Å². The molecule has 7 nitrogen and oxygen atoms in total. The van der Waals surface area contributed by atoms with Crippen LogP contribution in [-0.4, -0.2) is 65.5 Å². The molecule has 1 saturated heterocycles. The molecule has 2 aromatic carbocycles. The van der Waals surface area contributed by atoms with E-state index in [-0.39, 0.29) is 17.4 Å². The van der Waals surface area contributed by atoms with E-state index in [1.807, 2.05) is 45.0 Å². The minimum Gasteiger partial charge on any atom is -0.507 e. The van der Waals surface area contributed by atoms with Crippen LogP contribution in [0.2, 0.25) is 0 Å². The summed E-state index contributed by atoms with van der Waals surface area (Å²) in [6, 6.07) is 13.5. The molecule has 35 heavy (non-hydrogen) atoms. The number of ether oxygens (including phenoxy) is 2. The van der Waals surface area contributed by atoms with E-state index in [0.717, 1.165) is 18.7 Å². The zero-order valence-corrected chi connectivity index (χ0v) is 21.3. The normalized spacial score (nSPS) is 17.5. The van der Waals surface area contributed by atoms with E-state index in [0.29, 0.717) is 36.8 Å². The number of ketones is 1. The van der Waals surface area contributed by atoms with Crippen LogP contribution in [0.1, 0.15) is 51.8 Å². The van der Waals surface area contributed by atoms with Gasteiger partial charge in [0.2, 0.25) is 0 Å². The van der Waals surface area contributed by atoms with Crippen molar-refractivity contribution in [3.05, 3.63) is 65.2 Å². The average molecular weight is 481 g/mol. The molecule has 0 saturated carbocycles. The standard InChI is InChI=1S/C28H36N2O5/c1-6-29(7-2)16-17-30-25(21-10-9-11-23(18-21)35-19(4)5)24(27(32)28(30)33)26(31)20-12-14-22(15-13-20)34-8-3/h9-15,18-19,25,31H,6-8,16-17H2,1-5H3/b26-24-. The van der Waals surface area contributed by atoms with Crippen LogP contribution in [0.3, 0.4) is 0 Å². The minimum absolute atomic E-state index is 0.0249. The van der Waals surface area contributed by atoms with Gasteiger partial charge in [-0.15, -0.1) is 0 Å². The van der Waals surface area contributed by atoms with E-state index in [9.17, 15) is 14.7 Å². The van der Waals surface area contributed by atoms with Gasteiger partial charge in [-0.3, -0.25) is 9.59 Å². The number of aliphatic hydroxyl groups is 1. The first kappa shape index (κ1) is 26.3. The summed E-state index contributed by atoms with van der Waals surface area (Å²) in [5, 5.41) is 11.3. The summed E-state index contributed by atoms with van der Waals surface area (Å²) < 4.78 is 11.4. The second-order valence-electron chi connectivity index (χ2n) is 8.72. The molecule has 2 aromatic rings. The third-order valence-corrected chi connectivity index (χ3v) is 6.08. The minimum atomic E-state index is -0.715. The van der Waals surface area contributed by atoms with Crippen molar-refractivity contribution in [2.75, 3.05) is 32.8 Å². The lowest BCUT2D eigenvalue weighted by molar-refractivity contribution is -0.140. The molecule has 0 aliphatic carbocycles. The second-order valence-corrected chi connectivity index (χ2v) is 8.72. The number of rotatable bonds is 11. The molecule has 1 fully saturated rings. The predicted octanol–water partition coefficient (Wildman–Crippen LogP) is 4.64. The van der Waals surface area contributed by atoms with Gasteiger partial charge < -0.3 is 24.4 Å². The molecule has 1 N–H and O–H groups in total. The zero-order valence-electron chi connectivity index (χ0n) is 21.3. The Hall–Kier alpha value is -3.32. The fourth-order valence-corrected chi connectivity index (χ4v) is 4.31. The van der Waals surface area contributed by atoms with Crippen molar-refractivity contribution in [2.24, 2.45) is 0 Å². The summed E-state index contributed by atoms with van der Waals surface area (Å²) >= 11 is 0. The zero-order chi connectivity index (χ0) is 25.5. The number of nitrogens with zero attached hydrogens (tertiary/aromatic N) is 2. The molecule has 188 valence electrons. The van der Waals surface area contributed by atoms with Gasteiger partial charge in [-0.1, -0.05) is 26.0 Å². The highest BCUT2D eigenvalue weighted by atomic mass is 16.5. The number of likely N-dealkylation sites (tertiary alicyclic amines) is 1. The van der Waals surface area contributed by atoms with E-state index >= 15 is 0 Å². The number of carbonyl (C=O) groups excluding carboxylic acids is 2. The first-order valence-corrected chi connectivity index (χ1v) is 12.3. The molecule has 1 heterocycles. The molecule has 1 aliphatic rings. The summed E-state index contributed by atoms with van der Waals surface area (Å²) in [6.07, 6.45) is -0.0249. The van der Waals surface area contributed by atoms with E-state index < -0.39 is 17.7 Å². The summed E-state index contributed by atoms with van der Waals surface area (Å²) in [5.41, 5.74) is 1.25. The van der Waals surface area contributed by atoms with Gasteiger partial charge >= 0.3 is 0 Å². The molecule has 0 bridgehead atoms. The van der Waals surface area contributed by atoms with Crippen LogP contribution in [-0.2, 0) is 9.59 Å². The Kier molecular flexibility index (Phi) is 8.93. The fourth-order valence-electron chi connectivity index (χ4n) is 4.31. The number of Topliss-reactive ketones (excluding diaryl/α,β-unsaturated/α-hetero) is 1. The SMILES string of the molecule is CCOc1ccc(/C(O)=C2/C(=O)C(=O)N(CCN(CC)CC)C2c2cccc(OC(C)C)c2)cc1. The average Bonchev–Trinajstić information content (AvgIpc) is 3.09. The van der Waals surface area contributed by atoms with Gasteiger partial charge in [-0.25, -0.2) is 0 Å². The molecule has 0 aromatic heterocycles. The number of amides is 1. The van der Waals surface area contributed by atoms with Crippen molar-refractivity contribution in [1.82, 2.24) is 9.80 Å². The number of likely N-dealkylation sites (N-methyl/N-ethyl adjacent to an activating group) is 1. The van der Waals surface area contributed by atoms with Crippen molar-refractivity contribution < 1.29 is 24.2 Å². The van der Waals surface area contributed by atoms with Crippen LogP contribution in [0.25, 0.3) is 5.76 Å². The van der Waals surface area contributed by atoms with Gasteiger partial charge in [0.1, 0.15) is 17.3 Å². The smallest absolute Gasteiger partial charge is 0.295 e. The molecule has 1 aliphatic heterocycles. The maximum atomic E-state index is 13.3. The lowest BCUT2D eigenvalue weighted by atomic mass is 9.95. The van der Waals surface area contributed by atoms with E-state index in [1.165, 1.54) is 0 Å². The summed E-state index contributed by atoms with van der Waals surface area (Å²) in [6.45, 7) is 13.1. The monoisotopic (exact) mass is 480 g/mol. The molecular formula is C28H36N2O5. The van der Waals surface area contributed by atoms with Crippen LogP contribution in [0, 0.1) is 0 Å². The molecule has 0 radical (unpaired) electrons. The van der Waals surface area contributed by atoms with Crippen molar-refractivity contribution in [2.45, 2.75) is 46.8 Å². The fraction of sp³-hybridized carbons (Fsp3) is 0.429. The van der Waals surface area contributed by atoms with Crippen LogP contribution in [0.5, 0.6) is 11.5 Å². The molecule has 1 amide bonds. The summed E-state index contributed by atoms with van der Waals surface area (Å²) in [7, 11) is 0. The van der Waals surface area contributed by atoms with Crippen LogP contribution < -0.4 is 9.47 Å². The Labute approximate surface area is 207 Å². The summed E-state index contributed by atoms with van der Waals surface area (Å²) in [5.74, 6) is -0.176. The highest BCUT2D eigenvalue weighted by molar-refractivity contribution is 6.46. The lowest BCUT2D eigenvalue weighted by Gasteiger charge is -2.28. The number of carbonyl (C=O) groups is 2. The Balaban J connectivity index is 2.08. The Morgan fingerprint density at radius 3 is 2.31 bits per heavy atom. The number of benzene rings is 2. The highest BCUT2D eigenvalue weighted by Crippen LogP contribution is 2.40. The Morgan fingerprint density at radius 1 is 1.03 bits per heavy atom. The van der Waals surface area contributed by atoms with E-state index in [4.69, 9.17) is 9.47 Å². The highest BCUT2D eigenvalue weighted by Gasteiger charge is 2.46. The third-order valence-electron chi connectivity index (χ3n) is 6.08. The Bertz CT molecular complexity index is 1060. The maximum Gasteiger partial charge on any atom is 0.295 e. The second kappa shape index (κ2) is 11.9. The molecule has 7 heteroatoms. The van der Waals surface area contributed by atoms with Crippen LogP contribution in [0.15, 0.2) is 54.1 Å². The van der Waals surface area contributed by atoms with Gasteiger partial charge in [0.05, 0.1) is 24.3 Å². The molecule has 3 rings (SSSR count). The van der Waals surface area contributed by atoms with E-state index in [2.05, 4.69) is 18.7 Å². The molecular weight excluding hydrogens is 444 g/mol. The van der Waals surface area contributed by atoms with Crippen molar-refractivity contribution in [1.29, 1.82) is 0 Å². The number of hydrogen-bond donors (Lipinski definition) is 1. The van der Waals surface area contributed by atoms with Crippen molar-refractivity contribution in [3.8, 4) is 11.5 Å². The maximum absolute atomic E-state index is 13.3. The third kappa shape index (κ3) is 6.03. The van der Waals surface area contributed by atoms with E-state index in [1.54, 1.807) is 29.2 Å². The number of hydrogen-bond acceptors (Lipinski definition) is 6. The van der Waals surface area contributed by atoms with Crippen LogP contribution in [0.4, 0.5) is 0 Å². The first-order chi connectivity index (χ1) is 16.8. The van der Waals surface area contributed by atoms with Gasteiger partial charge in [0.15, 0.2) is 0 Å². The quantitative estimate of drug-likeness (QED) is 0.287. The lowest BCUT2D eigenvalue weighted by Crippen LogP contribution is -2.38. The first-order valence-electron chi connectivity index (χ1n) is 12.3. The van der Waals surface area contributed by atoms with Gasteiger partial charge in [-0.2, -0.15) is 0 Å². The van der Waals surface area contributed by atoms with Crippen molar-refractivity contribution in [3.63, 3.8) is 0 Å². The van der Waals surface area contributed by atoms with Gasteiger partial charge in [0.25, 0.3) is 11.7 Å². The van der Waals surface area contributed by atoms with Crippen LogP contribution >= 0.6 is 0 Å². The predicted molar refractivity (Wildman–Crippen MR) is 137 cm³/mol. The molecule has 1 unspecified atom stereocenters. The largest absolute Gasteiger partial charge is 0.507 e. The topological polar surface area (TPSA) is 79.3 Å². The summed E-state index contributed by atoms with van der Waals surface area (Å²) in [4.78, 5) is 30.2. The van der Waals surface area contributed by atoms with Gasteiger partial charge in [-0.05, 0) is 75.8 Å². The number of aliphatic hydroxyl groups excluding tert-OH is 1. The molecule has 0 spiro atoms. The van der Waals surface area contributed by atoms with Crippen molar-refractivity contribution >= 4 is 17.4 Å². The Morgan fingerprint density at radius 2 is 1.71 bits per heavy atom.